The van der Waals surface area contributed by atoms with Crippen molar-refractivity contribution in [1.82, 2.24) is 5.32 Å². The topological polar surface area (TPSA) is 68.8 Å². The molecule has 0 aliphatic rings. The van der Waals surface area contributed by atoms with E-state index in [1.807, 2.05) is 31.2 Å². The average Bonchev–Trinajstić information content (AvgIpc) is 2.78. The number of hydrogen-bond acceptors (Lipinski definition) is 5. The van der Waals surface area contributed by atoms with Crippen molar-refractivity contribution < 1.29 is 19.0 Å². The first kappa shape index (κ1) is 24.6. The summed E-state index contributed by atoms with van der Waals surface area (Å²) in [5, 5.41) is 5.91. The van der Waals surface area contributed by atoms with Gasteiger partial charge in [0.1, 0.15) is 18.1 Å². The van der Waals surface area contributed by atoms with E-state index in [1.54, 1.807) is 24.3 Å². The van der Waals surface area contributed by atoms with Crippen LogP contribution in [0.2, 0.25) is 0 Å². The molecule has 0 unspecified atom stereocenters. The molecule has 2 rings (SSSR count). The first-order chi connectivity index (χ1) is 15.1. The lowest BCUT2D eigenvalue weighted by Crippen LogP contribution is -2.34. The van der Waals surface area contributed by atoms with E-state index in [9.17, 15) is 4.79 Å². The third-order valence-corrected chi connectivity index (χ3v) is 4.63. The maximum atomic E-state index is 12.4. The molecule has 0 saturated carbocycles. The number of anilines is 1. The summed E-state index contributed by atoms with van der Waals surface area (Å²) in [6.07, 6.45) is 4.64. The molecule has 2 aromatic rings. The number of carbonyl (C=O) groups excluding carboxylic acids is 1. The zero-order valence-electron chi connectivity index (χ0n) is 18.3. The van der Waals surface area contributed by atoms with Crippen molar-refractivity contribution in [1.29, 1.82) is 0 Å². The predicted octanol–water partition coefficient (Wildman–Crippen LogP) is 5.19. The summed E-state index contributed by atoms with van der Waals surface area (Å²) in [5.74, 6) is 1.23. The Morgan fingerprint density at radius 2 is 1.48 bits per heavy atom. The minimum atomic E-state index is -0.275. The second kappa shape index (κ2) is 14.4. The van der Waals surface area contributed by atoms with Crippen LogP contribution in [0.25, 0.3) is 0 Å². The highest BCUT2D eigenvalue weighted by atomic mass is 32.1. The van der Waals surface area contributed by atoms with E-state index in [1.165, 1.54) is 19.3 Å². The number of rotatable bonds is 13. The van der Waals surface area contributed by atoms with Crippen molar-refractivity contribution in [2.45, 2.75) is 39.5 Å². The number of carbonyl (C=O) groups is 1. The first-order valence-electron chi connectivity index (χ1n) is 10.8. The Morgan fingerprint density at radius 1 is 0.839 bits per heavy atom. The summed E-state index contributed by atoms with van der Waals surface area (Å²) in [4.78, 5) is 12.4. The summed E-state index contributed by atoms with van der Waals surface area (Å²) in [6, 6.07) is 14.4. The number of nitrogens with one attached hydrogen (secondary N) is 2. The number of unbranched alkanes of at least 4 members (excludes halogenated alkanes) is 3. The maximum absolute atomic E-state index is 12.4. The van der Waals surface area contributed by atoms with Gasteiger partial charge in [0.15, 0.2) is 5.11 Å². The Labute approximate surface area is 190 Å². The highest BCUT2D eigenvalue weighted by Crippen LogP contribution is 2.16. The number of hydrogen-bond donors (Lipinski definition) is 2. The van der Waals surface area contributed by atoms with Gasteiger partial charge in [0.05, 0.1) is 13.2 Å². The standard InChI is InChI=1S/C24H32N2O4S/c1-3-5-6-7-16-29-21-12-8-19(9-13-21)23(27)26-24(31)25-20-10-14-22(15-11-20)30-18-17-28-4-2/h8-15H,3-7,16-18H2,1-2H3,(H2,25,26,27,31). The Hall–Kier alpha value is -2.64. The molecule has 2 aromatic carbocycles. The van der Waals surface area contributed by atoms with Gasteiger partial charge >= 0.3 is 0 Å². The van der Waals surface area contributed by atoms with Crippen LogP contribution in [0.1, 0.15) is 49.9 Å². The van der Waals surface area contributed by atoms with E-state index in [2.05, 4.69) is 17.6 Å². The van der Waals surface area contributed by atoms with Gasteiger partial charge in [0.25, 0.3) is 5.91 Å². The minimum absolute atomic E-state index is 0.228. The molecule has 7 heteroatoms. The zero-order chi connectivity index (χ0) is 22.3. The Kier molecular flexibility index (Phi) is 11.4. The molecule has 0 aliphatic heterocycles. The van der Waals surface area contributed by atoms with Gasteiger partial charge < -0.3 is 19.5 Å². The van der Waals surface area contributed by atoms with Crippen LogP contribution in [-0.2, 0) is 4.74 Å². The second-order valence-corrected chi connectivity index (χ2v) is 7.32. The molecule has 168 valence electrons. The fraction of sp³-hybridized carbons (Fsp3) is 0.417. The molecule has 0 fully saturated rings. The van der Waals surface area contributed by atoms with Gasteiger partial charge in [-0.3, -0.25) is 10.1 Å². The molecule has 0 atom stereocenters. The lowest BCUT2D eigenvalue weighted by Gasteiger charge is -2.11. The highest BCUT2D eigenvalue weighted by Gasteiger charge is 2.08. The molecule has 0 aliphatic carbocycles. The van der Waals surface area contributed by atoms with Gasteiger partial charge in [-0.2, -0.15) is 0 Å². The SMILES string of the molecule is CCCCCCOc1ccc(C(=O)NC(=S)Nc2ccc(OCCOCC)cc2)cc1. The molecule has 0 heterocycles. The molecule has 0 spiro atoms. The molecule has 31 heavy (non-hydrogen) atoms. The van der Waals surface area contributed by atoms with Gasteiger partial charge in [0, 0.05) is 17.9 Å². The molecule has 0 bridgehead atoms. The van der Waals surface area contributed by atoms with E-state index in [0.29, 0.717) is 32.0 Å². The number of thiocarbonyl (C=S) groups is 1. The van der Waals surface area contributed by atoms with Crippen molar-refractivity contribution in [3.8, 4) is 11.5 Å². The van der Waals surface area contributed by atoms with E-state index in [4.69, 9.17) is 26.4 Å². The fourth-order valence-corrected chi connectivity index (χ4v) is 2.97. The van der Waals surface area contributed by atoms with Crippen LogP contribution < -0.4 is 20.1 Å². The van der Waals surface area contributed by atoms with E-state index < -0.39 is 0 Å². The van der Waals surface area contributed by atoms with Crippen molar-refractivity contribution in [3.63, 3.8) is 0 Å². The maximum Gasteiger partial charge on any atom is 0.257 e. The van der Waals surface area contributed by atoms with Gasteiger partial charge in [-0.15, -0.1) is 0 Å². The molecule has 6 nitrogen and oxygen atoms in total. The summed E-state index contributed by atoms with van der Waals surface area (Å²) in [7, 11) is 0. The first-order valence-corrected chi connectivity index (χ1v) is 11.2. The molecular formula is C24H32N2O4S. The minimum Gasteiger partial charge on any atom is -0.494 e. The van der Waals surface area contributed by atoms with Gasteiger partial charge in [-0.1, -0.05) is 26.2 Å². The quantitative estimate of drug-likeness (QED) is 0.327. The van der Waals surface area contributed by atoms with Crippen molar-refractivity contribution in [2.24, 2.45) is 0 Å². The van der Waals surface area contributed by atoms with Crippen molar-refractivity contribution >= 4 is 28.9 Å². The van der Waals surface area contributed by atoms with Crippen LogP contribution in [0.5, 0.6) is 11.5 Å². The van der Waals surface area contributed by atoms with Crippen LogP contribution >= 0.6 is 12.2 Å². The van der Waals surface area contributed by atoms with E-state index in [-0.39, 0.29) is 11.0 Å². The van der Waals surface area contributed by atoms with Crippen molar-refractivity contribution in [2.75, 3.05) is 31.7 Å². The van der Waals surface area contributed by atoms with Crippen LogP contribution in [0.4, 0.5) is 5.69 Å². The highest BCUT2D eigenvalue weighted by molar-refractivity contribution is 7.80. The van der Waals surface area contributed by atoms with E-state index >= 15 is 0 Å². The predicted molar refractivity (Wildman–Crippen MR) is 128 cm³/mol. The Balaban J connectivity index is 1.74. The molecular weight excluding hydrogens is 412 g/mol. The summed E-state index contributed by atoms with van der Waals surface area (Å²) in [5.41, 5.74) is 1.27. The van der Waals surface area contributed by atoms with Crippen LogP contribution in [0.3, 0.4) is 0 Å². The van der Waals surface area contributed by atoms with Crippen molar-refractivity contribution in [3.05, 3.63) is 54.1 Å². The average molecular weight is 445 g/mol. The molecule has 0 aromatic heterocycles. The molecule has 2 N–H and O–H groups in total. The van der Waals surface area contributed by atoms with Crippen LogP contribution in [-0.4, -0.2) is 37.4 Å². The second-order valence-electron chi connectivity index (χ2n) is 6.91. The summed E-state index contributed by atoms with van der Waals surface area (Å²) < 4.78 is 16.5. The number of ether oxygens (including phenoxy) is 3. The summed E-state index contributed by atoms with van der Waals surface area (Å²) in [6.45, 7) is 6.55. The fourth-order valence-electron chi connectivity index (χ4n) is 2.76. The molecule has 1 amide bonds. The van der Waals surface area contributed by atoms with E-state index in [0.717, 1.165) is 23.6 Å². The Bertz CT molecular complexity index is 794. The monoisotopic (exact) mass is 444 g/mol. The third-order valence-electron chi connectivity index (χ3n) is 4.42. The van der Waals surface area contributed by atoms with Crippen LogP contribution in [0.15, 0.2) is 48.5 Å². The lowest BCUT2D eigenvalue weighted by molar-refractivity contribution is 0.0977. The number of benzene rings is 2. The molecule has 0 radical (unpaired) electrons. The largest absolute Gasteiger partial charge is 0.494 e. The number of amides is 1. The smallest absolute Gasteiger partial charge is 0.257 e. The normalized spacial score (nSPS) is 10.4. The zero-order valence-corrected chi connectivity index (χ0v) is 19.1. The summed E-state index contributed by atoms with van der Waals surface area (Å²) >= 11 is 5.25. The van der Waals surface area contributed by atoms with Gasteiger partial charge in [-0.25, -0.2) is 0 Å². The van der Waals surface area contributed by atoms with Gasteiger partial charge in [0.2, 0.25) is 0 Å². The third kappa shape index (κ3) is 9.81. The Morgan fingerprint density at radius 3 is 2.13 bits per heavy atom. The lowest BCUT2D eigenvalue weighted by atomic mass is 10.2. The van der Waals surface area contributed by atoms with Crippen LogP contribution in [0, 0.1) is 0 Å². The molecule has 0 saturated heterocycles. The van der Waals surface area contributed by atoms with Gasteiger partial charge in [-0.05, 0) is 74.1 Å².